The van der Waals surface area contributed by atoms with Gasteiger partial charge in [-0.2, -0.15) is 0 Å². The zero-order valence-electron chi connectivity index (χ0n) is 11.1. The van der Waals surface area contributed by atoms with E-state index in [-0.39, 0.29) is 11.9 Å². The van der Waals surface area contributed by atoms with Gasteiger partial charge >= 0.3 is 0 Å². The number of rotatable bonds is 6. The molecule has 0 spiro atoms. The molecule has 1 aromatic rings. The maximum atomic E-state index is 11.6. The number of carbonyl (C=O) groups is 1. The van der Waals surface area contributed by atoms with Gasteiger partial charge in [-0.15, -0.1) is 0 Å². The lowest BCUT2D eigenvalue weighted by Gasteiger charge is -2.26. The van der Waals surface area contributed by atoms with E-state index in [1.165, 1.54) is 5.56 Å². The van der Waals surface area contributed by atoms with Crippen LogP contribution in [0, 0.1) is 5.92 Å². The van der Waals surface area contributed by atoms with Gasteiger partial charge in [0, 0.05) is 6.42 Å². The maximum Gasteiger partial charge on any atom is 0.220 e. The highest BCUT2D eigenvalue weighted by atomic mass is 16.1. The van der Waals surface area contributed by atoms with E-state index < -0.39 is 0 Å². The molecular weight excluding hydrogens is 210 g/mol. The number of hydrogen-bond acceptors (Lipinski definition) is 1. The van der Waals surface area contributed by atoms with Crippen LogP contribution in [0.1, 0.15) is 51.6 Å². The van der Waals surface area contributed by atoms with Crippen LogP contribution in [0.15, 0.2) is 30.3 Å². The van der Waals surface area contributed by atoms with Gasteiger partial charge in [0.15, 0.2) is 0 Å². The first-order valence-corrected chi connectivity index (χ1v) is 6.57. The summed E-state index contributed by atoms with van der Waals surface area (Å²) in [4.78, 5) is 11.6. The Morgan fingerprint density at radius 2 is 1.71 bits per heavy atom. The SMILES string of the molecule is CCC(=O)NC(c1ccccc1)C(CC)CC. The van der Waals surface area contributed by atoms with E-state index in [1.54, 1.807) is 0 Å². The summed E-state index contributed by atoms with van der Waals surface area (Å²) in [5.74, 6) is 0.638. The van der Waals surface area contributed by atoms with Crippen LogP contribution in [-0.2, 0) is 4.79 Å². The Hall–Kier alpha value is -1.31. The van der Waals surface area contributed by atoms with E-state index in [9.17, 15) is 4.79 Å². The second-order valence-electron chi connectivity index (χ2n) is 4.39. The summed E-state index contributed by atoms with van der Waals surface area (Å²) in [6.07, 6.45) is 2.71. The monoisotopic (exact) mass is 233 g/mol. The molecule has 0 heterocycles. The predicted molar refractivity (Wildman–Crippen MR) is 71.7 cm³/mol. The molecule has 0 aliphatic heterocycles. The van der Waals surface area contributed by atoms with Crippen molar-refractivity contribution in [2.24, 2.45) is 5.92 Å². The molecule has 2 heteroatoms. The molecule has 1 N–H and O–H groups in total. The van der Waals surface area contributed by atoms with Crippen LogP contribution in [-0.4, -0.2) is 5.91 Å². The lowest BCUT2D eigenvalue weighted by Crippen LogP contribution is -2.32. The molecule has 0 bridgehead atoms. The van der Waals surface area contributed by atoms with E-state index >= 15 is 0 Å². The average Bonchev–Trinajstić information content (AvgIpc) is 2.39. The molecule has 1 unspecified atom stereocenters. The number of nitrogens with one attached hydrogen (secondary N) is 1. The van der Waals surface area contributed by atoms with Gasteiger partial charge in [0.2, 0.25) is 5.91 Å². The normalized spacial score (nSPS) is 12.5. The van der Waals surface area contributed by atoms with Crippen molar-refractivity contribution in [1.82, 2.24) is 5.32 Å². The summed E-state index contributed by atoms with van der Waals surface area (Å²) < 4.78 is 0. The van der Waals surface area contributed by atoms with Gasteiger partial charge in [0.05, 0.1) is 6.04 Å². The third-order valence-corrected chi connectivity index (χ3v) is 3.32. The van der Waals surface area contributed by atoms with Crippen molar-refractivity contribution in [3.05, 3.63) is 35.9 Å². The van der Waals surface area contributed by atoms with Crippen molar-refractivity contribution in [2.75, 3.05) is 0 Å². The maximum absolute atomic E-state index is 11.6. The molecule has 1 aromatic carbocycles. The van der Waals surface area contributed by atoms with Crippen molar-refractivity contribution in [2.45, 2.75) is 46.1 Å². The molecule has 0 fully saturated rings. The molecule has 1 amide bonds. The van der Waals surface area contributed by atoms with E-state index in [0.29, 0.717) is 12.3 Å². The fraction of sp³-hybridized carbons (Fsp3) is 0.533. The van der Waals surface area contributed by atoms with E-state index in [4.69, 9.17) is 0 Å². The van der Waals surface area contributed by atoms with E-state index in [2.05, 4.69) is 31.3 Å². The fourth-order valence-electron chi connectivity index (χ4n) is 2.17. The van der Waals surface area contributed by atoms with Gasteiger partial charge in [-0.1, -0.05) is 63.9 Å². The van der Waals surface area contributed by atoms with Crippen LogP contribution in [0.3, 0.4) is 0 Å². The largest absolute Gasteiger partial charge is 0.349 e. The second-order valence-corrected chi connectivity index (χ2v) is 4.39. The number of amides is 1. The van der Waals surface area contributed by atoms with Crippen LogP contribution < -0.4 is 5.32 Å². The van der Waals surface area contributed by atoms with Crippen molar-refractivity contribution < 1.29 is 4.79 Å². The van der Waals surface area contributed by atoms with Crippen molar-refractivity contribution >= 4 is 5.91 Å². The highest BCUT2D eigenvalue weighted by Gasteiger charge is 2.21. The first kappa shape index (κ1) is 13.8. The summed E-state index contributed by atoms with van der Waals surface area (Å²) in [6, 6.07) is 10.4. The van der Waals surface area contributed by atoms with E-state index in [0.717, 1.165) is 12.8 Å². The third kappa shape index (κ3) is 3.88. The van der Waals surface area contributed by atoms with Gasteiger partial charge in [0.1, 0.15) is 0 Å². The minimum absolute atomic E-state index is 0.130. The van der Waals surface area contributed by atoms with Crippen LogP contribution in [0.25, 0.3) is 0 Å². The number of hydrogen-bond donors (Lipinski definition) is 1. The zero-order valence-corrected chi connectivity index (χ0v) is 11.1. The minimum Gasteiger partial charge on any atom is -0.349 e. The smallest absolute Gasteiger partial charge is 0.220 e. The minimum atomic E-state index is 0.130. The molecule has 0 aliphatic rings. The van der Waals surface area contributed by atoms with Crippen LogP contribution >= 0.6 is 0 Å². The Kier molecular flexibility index (Phi) is 5.75. The van der Waals surface area contributed by atoms with Crippen molar-refractivity contribution in [1.29, 1.82) is 0 Å². The predicted octanol–water partition coefficient (Wildman–Crippen LogP) is 3.69. The zero-order chi connectivity index (χ0) is 12.7. The van der Waals surface area contributed by atoms with Crippen LogP contribution in [0.2, 0.25) is 0 Å². The summed E-state index contributed by atoms with van der Waals surface area (Å²) in [5.41, 5.74) is 1.21. The fourth-order valence-corrected chi connectivity index (χ4v) is 2.17. The quantitative estimate of drug-likeness (QED) is 0.797. The Labute approximate surface area is 104 Å². The highest BCUT2D eigenvalue weighted by molar-refractivity contribution is 5.76. The molecule has 1 atom stereocenters. The molecule has 17 heavy (non-hydrogen) atoms. The van der Waals surface area contributed by atoms with Gasteiger partial charge in [-0.3, -0.25) is 4.79 Å². The van der Waals surface area contributed by atoms with Gasteiger partial charge < -0.3 is 5.32 Å². The lowest BCUT2D eigenvalue weighted by atomic mass is 9.89. The second kappa shape index (κ2) is 7.10. The Balaban J connectivity index is 2.89. The first-order chi connectivity index (χ1) is 8.22. The molecule has 1 rings (SSSR count). The molecule has 0 aliphatic carbocycles. The summed E-state index contributed by atoms with van der Waals surface area (Å²) in [5, 5.41) is 3.15. The summed E-state index contributed by atoms with van der Waals surface area (Å²) in [6.45, 7) is 6.26. The Morgan fingerprint density at radius 1 is 1.12 bits per heavy atom. The molecule has 0 radical (unpaired) electrons. The van der Waals surface area contributed by atoms with Gasteiger partial charge in [-0.05, 0) is 11.5 Å². The Bertz CT molecular complexity index is 330. The van der Waals surface area contributed by atoms with Crippen LogP contribution in [0.4, 0.5) is 0 Å². The molecule has 0 saturated heterocycles. The average molecular weight is 233 g/mol. The molecular formula is C15H23NO. The molecule has 94 valence electrons. The molecule has 0 saturated carbocycles. The van der Waals surface area contributed by atoms with Crippen LogP contribution in [0.5, 0.6) is 0 Å². The highest BCUT2D eigenvalue weighted by Crippen LogP contribution is 2.27. The first-order valence-electron chi connectivity index (χ1n) is 6.57. The van der Waals surface area contributed by atoms with E-state index in [1.807, 2.05) is 25.1 Å². The van der Waals surface area contributed by atoms with Gasteiger partial charge in [-0.25, -0.2) is 0 Å². The lowest BCUT2D eigenvalue weighted by molar-refractivity contribution is -0.121. The number of benzene rings is 1. The Morgan fingerprint density at radius 3 is 2.18 bits per heavy atom. The summed E-state index contributed by atoms with van der Waals surface area (Å²) >= 11 is 0. The molecule has 0 aromatic heterocycles. The third-order valence-electron chi connectivity index (χ3n) is 3.32. The topological polar surface area (TPSA) is 29.1 Å². The standard InChI is InChI=1S/C15H23NO/c1-4-12(5-2)15(16-14(17)6-3)13-10-8-7-9-11-13/h7-12,15H,4-6H2,1-3H3,(H,16,17). The van der Waals surface area contributed by atoms with Crippen molar-refractivity contribution in [3.63, 3.8) is 0 Å². The summed E-state index contributed by atoms with van der Waals surface area (Å²) in [7, 11) is 0. The van der Waals surface area contributed by atoms with Gasteiger partial charge in [0.25, 0.3) is 0 Å². The number of carbonyl (C=O) groups excluding carboxylic acids is 1. The van der Waals surface area contributed by atoms with Crippen molar-refractivity contribution in [3.8, 4) is 0 Å². The molecule has 2 nitrogen and oxygen atoms in total.